The molecule has 3 rings (SSSR count). The van der Waals surface area contributed by atoms with Gasteiger partial charge in [-0.25, -0.2) is 0 Å². The number of nitrogens with zero attached hydrogens (tertiary/aromatic N) is 1. The van der Waals surface area contributed by atoms with Gasteiger partial charge in [0.1, 0.15) is 5.75 Å². The van der Waals surface area contributed by atoms with E-state index in [4.69, 9.17) is 10.5 Å². The first kappa shape index (κ1) is 14.2. The van der Waals surface area contributed by atoms with Gasteiger partial charge in [-0.05, 0) is 52.2 Å². The average molecular weight is 364 g/mol. The maximum absolute atomic E-state index is 6.05. The first-order valence-corrected chi connectivity index (χ1v) is 7.95. The van der Waals surface area contributed by atoms with Crippen molar-refractivity contribution in [2.24, 2.45) is 0 Å². The molecule has 0 unspecified atom stereocenters. The summed E-state index contributed by atoms with van der Waals surface area (Å²) in [6.07, 6.45) is 0. The van der Waals surface area contributed by atoms with Gasteiger partial charge in [0.05, 0.1) is 27.0 Å². The molecule has 0 aliphatic carbocycles. The summed E-state index contributed by atoms with van der Waals surface area (Å²) >= 11 is 5.22. The van der Waals surface area contributed by atoms with Crippen LogP contribution in [-0.4, -0.2) is 17.3 Å². The van der Waals surface area contributed by atoms with Crippen molar-refractivity contribution in [3.05, 3.63) is 39.7 Å². The van der Waals surface area contributed by atoms with Crippen LogP contribution in [0.3, 0.4) is 0 Å². The molecule has 0 aliphatic heterocycles. The number of methoxy groups -OCH3 is 1. The van der Waals surface area contributed by atoms with Crippen LogP contribution in [0.15, 0.2) is 34.1 Å². The summed E-state index contributed by atoms with van der Waals surface area (Å²) in [5, 5.41) is 7.21. The van der Waals surface area contributed by atoms with Crippen LogP contribution in [0.1, 0.15) is 5.56 Å². The van der Waals surface area contributed by atoms with Crippen molar-refractivity contribution in [3.63, 3.8) is 0 Å². The lowest BCUT2D eigenvalue weighted by Crippen LogP contribution is -1.89. The van der Waals surface area contributed by atoms with Crippen molar-refractivity contribution in [2.75, 3.05) is 12.8 Å². The number of rotatable bonds is 3. The number of halogens is 1. The van der Waals surface area contributed by atoms with Gasteiger partial charge in [0, 0.05) is 0 Å². The highest BCUT2D eigenvalue weighted by molar-refractivity contribution is 9.11. The van der Waals surface area contributed by atoms with Crippen LogP contribution in [-0.2, 0) is 0 Å². The van der Waals surface area contributed by atoms with Crippen molar-refractivity contribution in [1.29, 1.82) is 0 Å². The minimum Gasteiger partial charge on any atom is -0.497 e. The molecule has 4 nitrogen and oxygen atoms in total. The Bertz CT molecular complexity index is 757. The minimum atomic E-state index is 0.498. The SMILES string of the molecule is COc1ccc(-c2c(N)n[nH]c2-c2cc(C)c(Br)s2)cc1. The second-order valence-electron chi connectivity index (χ2n) is 4.65. The summed E-state index contributed by atoms with van der Waals surface area (Å²) < 4.78 is 6.31. The number of hydrogen-bond acceptors (Lipinski definition) is 4. The van der Waals surface area contributed by atoms with Gasteiger partial charge in [-0.3, -0.25) is 5.10 Å². The van der Waals surface area contributed by atoms with E-state index in [1.165, 1.54) is 5.56 Å². The molecule has 0 bridgehead atoms. The van der Waals surface area contributed by atoms with Crippen LogP contribution < -0.4 is 10.5 Å². The molecule has 21 heavy (non-hydrogen) atoms. The molecule has 3 N–H and O–H groups in total. The molecule has 1 aromatic carbocycles. The molecule has 2 aromatic heterocycles. The Morgan fingerprint density at radius 3 is 2.57 bits per heavy atom. The lowest BCUT2D eigenvalue weighted by molar-refractivity contribution is 0.415. The van der Waals surface area contributed by atoms with E-state index in [1.54, 1.807) is 18.4 Å². The maximum atomic E-state index is 6.05. The monoisotopic (exact) mass is 363 g/mol. The van der Waals surface area contributed by atoms with Crippen LogP contribution >= 0.6 is 27.3 Å². The van der Waals surface area contributed by atoms with Crippen LogP contribution in [0, 0.1) is 6.92 Å². The fraction of sp³-hybridized carbons (Fsp3) is 0.133. The summed E-state index contributed by atoms with van der Waals surface area (Å²) in [6.45, 7) is 2.07. The van der Waals surface area contributed by atoms with Gasteiger partial charge in [-0.15, -0.1) is 11.3 Å². The Labute approximate surface area is 135 Å². The molecule has 0 amide bonds. The number of nitrogens with one attached hydrogen (secondary N) is 1. The summed E-state index contributed by atoms with van der Waals surface area (Å²) in [5.41, 5.74) is 10.1. The molecule has 0 saturated carbocycles. The Kier molecular flexibility index (Phi) is 3.73. The molecule has 0 aliphatic rings. The number of hydrogen-bond donors (Lipinski definition) is 2. The molecule has 108 valence electrons. The number of aromatic nitrogens is 2. The number of nitrogens with two attached hydrogens (primary N) is 1. The fourth-order valence-electron chi connectivity index (χ4n) is 2.17. The number of nitrogen functional groups attached to an aromatic ring is 1. The smallest absolute Gasteiger partial charge is 0.153 e. The molecule has 6 heteroatoms. The van der Waals surface area contributed by atoms with E-state index in [9.17, 15) is 0 Å². The van der Waals surface area contributed by atoms with Crippen molar-refractivity contribution >= 4 is 33.1 Å². The molecular weight excluding hydrogens is 350 g/mol. The molecule has 0 fully saturated rings. The van der Waals surface area contributed by atoms with Gasteiger partial charge in [0.2, 0.25) is 0 Å². The predicted molar refractivity (Wildman–Crippen MR) is 90.7 cm³/mol. The van der Waals surface area contributed by atoms with Crippen LogP contribution in [0.25, 0.3) is 21.7 Å². The Balaban J connectivity index is 2.11. The number of ether oxygens (including phenoxy) is 1. The third-order valence-corrected chi connectivity index (χ3v) is 5.43. The number of anilines is 1. The summed E-state index contributed by atoms with van der Waals surface area (Å²) in [7, 11) is 1.65. The molecule has 3 aromatic rings. The van der Waals surface area contributed by atoms with E-state index in [2.05, 4.69) is 39.1 Å². The largest absolute Gasteiger partial charge is 0.497 e. The van der Waals surface area contributed by atoms with Crippen LogP contribution in [0.2, 0.25) is 0 Å². The normalized spacial score (nSPS) is 10.8. The van der Waals surface area contributed by atoms with E-state index < -0.39 is 0 Å². The molecule has 0 radical (unpaired) electrons. The van der Waals surface area contributed by atoms with E-state index in [0.29, 0.717) is 5.82 Å². The Morgan fingerprint density at radius 1 is 1.29 bits per heavy atom. The quantitative estimate of drug-likeness (QED) is 0.721. The number of aryl methyl sites for hydroxylation is 1. The van der Waals surface area contributed by atoms with Crippen molar-refractivity contribution in [1.82, 2.24) is 10.2 Å². The third kappa shape index (κ3) is 2.56. The summed E-state index contributed by atoms with van der Waals surface area (Å²) in [4.78, 5) is 1.11. The number of aromatic amines is 1. The fourth-order valence-corrected chi connectivity index (χ4v) is 3.70. The first-order chi connectivity index (χ1) is 10.1. The van der Waals surface area contributed by atoms with E-state index in [-0.39, 0.29) is 0 Å². The van der Waals surface area contributed by atoms with Gasteiger partial charge in [-0.2, -0.15) is 5.10 Å². The number of H-pyrrole nitrogens is 1. The minimum absolute atomic E-state index is 0.498. The first-order valence-electron chi connectivity index (χ1n) is 6.34. The zero-order valence-electron chi connectivity index (χ0n) is 11.6. The zero-order chi connectivity index (χ0) is 15.0. The molecular formula is C15H14BrN3OS. The average Bonchev–Trinajstić information content (AvgIpc) is 3.02. The van der Waals surface area contributed by atoms with E-state index in [1.807, 2.05) is 24.3 Å². The van der Waals surface area contributed by atoms with Gasteiger partial charge in [0.25, 0.3) is 0 Å². The van der Waals surface area contributed by atoms with Crippen molar-refractivity contribution < 1.29 is 4.74 Å². The molecule has 0 atom stereocenters. The Morgan fingerprint density at radius 2 is 2.00 bits per heavy atom. The van der Waals surface area contributed by atoms with Crippen molar-refractivity contribution in [3.8, 4) is 27.4 Å². The van der Waals surface area contributed by atoms with Gasteiger partial charge >= 0.3 is 0 Å². The standard InChI is InChI=1S/C15H14BrN3OS/c1-8-7-11(21-14(8)16)13-12(15(17)19-18-13)9-3-5-10(20-2)6-4-9/h3-7H,1-2H3,(H3,17,18,19). The molecule has 0 spiro atoms. The highest BCUT2D eigenvalue weighted by Crippen LogP contribution is 2.40. The summed E-state index contributed by atoms with van der Waals surface area (Å²) in [6, 6.07) is 9.93. The van der Waals surface area contributed by atoms with Gasteiger partial charge in [0.15, 0.2) is 5.82 Å². The molecule has 2 heterocycles. The molecule has 0 saturated heterocycles. The number of thiophene rings is 1. The second kappa shape index (κ2) is 5.54. The highest BCUT2D eigenvalue weighted by Gasteiger charge is 2.17. The van der Waals surface area contributed by atoms with E-state index in [0.717, 1.165) is 31.2 Å². The van der Waals surface area contributed by atoms with Crippen LogP contribution in [0.4, 0.5) is 5.82 Å². The third-order valence-electron chi connectivity index (χ3n) is 3.28. The highest BCUT2D eigenvalue weighted by atomic mass is 79.9. The second-order valence-corrected chi connectivity index (χ2v) is 7.02. The van der Waals surface area contributed by atoms with Gasteiger partial charge in [-0.1, -0.05) is 12.1 Å². The van der Waals surface area contributed by atoms with Gasteiger partial charge < -0.3 is 10.5 Å². The predicted octanol–water partition coefficient (Wildman–Crippen LogP) is 4.47. The number of benzene rings is 1. The van der Waals surface area contributed by atoms with Crippen LogP contribution in [0.5, 0.6) is 5.75 Å². The summed E-state index contributed by atoms with van der Waals surface area (Å²) in [5.74, 6) is 1.31. The maximum Gasteiger partial charge on any atom is 0.153 e. The Hall–Kier alpha value is -1.79. The lowest BCUT2D eigenvalue weighted by atomic mass is 10.0. The van der Waals surface area contributed by atoms with E-state index >= 15 is 0 Å². The topological polar surface area (TPSA) is 63.9 Å². The van der Waals surface area contributed by atoms with Crippen molar-refractivity contribution in [2.45, 2.75) is 6.92 Å². The zero-order valence-corrected chi connectivity index (χ0v) is 14.0. The lowest BCUT2D eigenvalue weighted by Gasteiger charge is -2.04.